The minimum absolute atomic E-state index is 0.0874. The number of hydrogen-bond acceptors (Lipinski definition) is 1. The highest BCUT2D eigenvalue weighted by atomic mass is 127. The van der Waals surface area contributed by atoms with Gasteiger partial charge in [-0.2, -0.15) is 5.26 Å². The maximum Gasteiger partial charge on any atom is 0.0701 e. The van der Waals surface area contributed by atoms with E-state index >= 15 is 0 Å². The topological polar surface area (TPSA) is 23.8 Å². The van der Waals surface area contributed by atoms with E-state index in [1.807, 2.05) is 25.1 Å². The summed E-state index contributed by atoms with van der Waals surface area (Å²) in [5.74, 6) is -0.0874. The SMILES string of the molecule is CC(C#N)c1cccc(Cl)c1I. The van der Waals surface area contributed by atoms with Gasteiger partial charge in [0.2, 0.25) is 0 Å². The van der Waals surface area contributed by atoms with Crippen LogP contribution >= 0.6 is 34.2 Å². The van der Waals surface area contributed by atoms with Crippen LogP contribution in [0, 0.1) is 14.9 Å². The fourth-order valence-electron chi connectivity index (χ4n) is 0.924. The second-order valence-corrected chi connectivity index (χ2v) is 3.98. The molecule has 0 spiro atoms. The number of nitriles is 1. The van der Waals surface area contributed by atoms with Crippen molar-refractivity contribution in [3.63, 3.8) is 0 Å². The van der Waals surface area contributed by atoms with Crippen molar-refractivity contribution in [2.75, 3.05) is 0 Å². The van der Waals surface area contributed by atoms with Crippen molar-refractivity contribution in [1.29, 1.82) is 5.26 Å². The van der Waals surface area contributed by atoms with Crippen LogP contribution in [0.2, 0.25) is 5.02 Å². The van der Waals surface area contributed by atoms with Gasteiger partial charge in [0.25, 0.3) is 0 Å². The molecule has 1 nitrogen and oxygen atoms in total. The summed E-state index contributed by atoms with van der Waals surface area (Å²) in [4.78, 5) is 0. The summed E-state index contributed by atoms with van der Waals surface area (Å²) < 4.78 is 0.978. The van der Waals surface area contributed by atoms with E-state index in [2.05, 4.69) is 28.7 Å². The van der Waals surface area contributed by atoms with Gasteiger partial charge in [-0.05, 0) is 41.1 Å². The zero-order valence-corrected chi connectivity index (χ0v) is 9.43. The van der Waals surface area contributed by atoms with Gasteiger partial charge in [0.15, 0.2) is 0 Å². The predicted molar refractivity (Wildman–Crippen MR) is 58.2 cm³/mol. The Balaban J connectivity index is 3.18. The molecule has 0 saturated carbocycles. The van der Waals surface area contributed by atoms with E-state index in [1.54, 1.807) is 0 Å². The Morgan fingerprint density at radius 1 is 1.58 bits per heavy atom. The Labute approximate surface area is 90.5 Å². The fraction of sp³-hybridized carbons (Fsp3) is 0.222. The predicted octanol–water partition coefficient (Wildman–Crippen LogP) is 3.57. The minimum atomic E-state index is -0.0874. The normalized spacial score (nSPS) is 12.2. The smallest absolute Gasteiger partial charge is 0.0701 e. The Morgan fingerprint density at radius 3 is 2.83 bits per heavy atom. The van der Waals surface area contributed by atoms with Crippen LogP contribution in [0.15, 0.2) is 18.2 Å². The van der Waals surface area contributed by atoms with Gasteiger partial charge < -0.3 is 0 Å². The van der Waals surface area contributed by atoms with Crippen LogP contribution < -0.4 is 0 Å². The van der Waals surface area contributed by atoms with Crippen LogP contribution in [0.1, 0.15) is 18.4 Å². The first kappa shape index (κ1) is 9.82. The Bertz CT molecular complexity index is 330. The van der Waals surface area contributed by atoms with Gasteiger partial charge >= 0.3 is 0 Å². The third kappa shape index (κ3) is 1.90. The Kier molecular flexibility index (Phi) is 3.36. The van der Waals surface area contributed by atoms with Gasteiger partial charge in [-0.25, -0.2) is 0 Å². The minimum Gasteiger partial charge on any atom is -0.198 e. The Morgan fingerprint density at radius 2 is 2.25 bits per heavy atom. The number of benzene rings is 1. The lowest BCUT2D eigenvalue weighted by Crippen LogP contribution is -1.93. The first-order valence-corrected chi connectivity index (χ1v) is 4.96. The van der Waals surface area contributed by atoms with Crippen LogP contribution in [0.4, 0.5) is 0 Å². The summed E-state index contributed by atoms with van der Waals surface area (Å²) in [6, 6.07) is 7.82. The second kappa shape index (κ2) is 4.11. The van der Waals surface area contributed by atoms with E-state index in [1.165, 1.54) is 0 Å². The molecule has 0 saturated heterocycles. The molecule has 0 fully saturated rings. The number of nitrogens with zero attached hydrogens (tertiary/aromatic N) is 1. The lowest BCUT2D eigenvalue weighted by atomic mass is 10.0. The van der Waals surface area contributed by atoms with Crippen molar-refractivity contribution in [3.8, 4) is 6.07 Å². The molecule has 12 heavy (non-hydrogen) atoms. The number of rotatable bonds is 1. The average molecular weight is 292 g/mol. The number of hydrogen-bond donors (Lipinski definition) is 0. The third-order valence-corrected chi connectivity index (χ3v) is 3.48. The first-order chi connectivity index (χ1) is 5.66. The Hall–Kier alpha value is -0.270. The molecule has 0 aromatic heterocycles. The third-order valence-electron chi connectivity index (χ3n) is 1.64. The average Bonchev–Trinajstić information content (AvgIpc) is 2.08. The molecular formula is C9H7ClIN. The van der Waals surface area contributed by atoms with Gasteiger partial charge in [0, 0.05) is 3.57 Å². The van der Waals surface area contributed by atoms with Gasteiger partial charge in [0.1, 0.15) is 0 Å². The highest BCUT2D eigenvalue weighted by Gasteiger charge is 2.09. The van der Waals surface area contributed by atoms with Gasteiger partial charge in [0.05, 0.1) is 17.0 Å². The zero-order valence-electron chi connectivity index (χ0n) is 6.51. The van der Waals surface area contributed by atoms with Crippen LogP contribution in [-0.4, -0.2) is 0 Å². The summed E-state index contributed by atoms with van der Waals surface area (Å²) in [5, 5.41) is 9.42. The monoisotopic (exact) mass is 291 g/mol. The maximum atomic E-state index is 8.71. The molecule has 0 aliphatic heterocycles. The van der Waals surface area contributed by atoms with Crippen LogP contribution in [0.25, 0.3) is 0 Å². The molecule has 0 aliphatic carbocycles. The quantitative estimate of drug-likeness (QED) is 0.726. The second-order valence-electron chi connectivity index (χ2n) is 2.49. The summed E-state index contributed by atoms with van der Waals surface area (Å²) in [5.41, 5.74) is 1.01. The highest BCUT2D eigenvalue weighted by Crippen LogP contribution is 2.26. The first-order valence-electron chi connectivity index (χ1n) is 3.50. The molecule has 3 heteroatoms. The standard InChI is InChI=1S/C9H7ClIN/c1-6(5-12)7-3-2-4-8(10)9(7)11/h2-4,6H,1H3. The molecule has 62 valence electrons. The van der Waals surface area contributed by atoms with E-state index in [9.17, 15) is 0 Å². The summed E-state index contributed by atoms with van der Waals surface area (Å²) in [6.07, 6.45) is 0. The van der Waals surface area contributed by atoms with E-state index in [4.69, 9.17) is 16.9 Å². The highest BCUT2D eigenvalue weighted by molar-refractivity contribution is 14.1. The van der Waals surface area contributed by atoms with E-state index in [0.29, 0.717) is 0 Å². The van der Waals surface area contributed by atoms with Crippen molar-refractivity contribution in [2.24, 2.45) is 0 Å². The van der Waals surface area contributed by atoms with Crippen LogP contribution in [0.3, 0.4) is 0 Å². The van der Waals surface area contributed by atoms with Crippen molar-refractivity contribution >= 4 is 34.2 Å². The molecule has 0 radical (unpaired) electrons. The van der Waals surface area contributed by atoms with Crippen LogP contribution in [-0.2, 0) is 0 Å². The van der Waals surface area contributed by atoms with Gasteiger partial charge in [-0.3, -0.25) is 0 Å². The lowest BCUT2D eigenvalue weighted by molar-refractivity contribution is 0.973. The molecule has 0 aliphatic rings. The maximum absolute atomic E-state index is 8.71. The van der Waals surface area contributed by atoms with E-state index < -0.39 is 0 Å². The van der Waals surface area contributed by atoms with Gasteiger partial charge in [-0.1, -0.05) is 23.7 Å². The van der Waals surface area contributed by atoms with Crippen molar-refractivity contribution in [3.05, 3.63) is 32.4 Å². The van der Waals surface area contributed by atoms with Gasteiger partial charge in [-0.15, -0.1) is 0 Å². The van der Waals surface area contributed by atoms with Crippen LogP contribution in [0.5, 0.6) is 0 Å². The fourth-order valence-corrected chi connectivity index (χ4v) is 1.93. The van der Waals surface area contributed by atoms with Crippen molar-refractivity contribution in [1.82, 2.24) is 0 Å². The van der Waals surface area contributed by atoms with E-state index in [-0.39, 0.29) is 5.92 Å². The summed E-state index contributed by atoms with van der Waals surface area (Å²) >= 11 is 8.06. The molecule has 0 N–H and O–H groups in total. The largest absolute Gasteiger partial charge is 0.198 e. The molecule has 1 rings (SSSR count). The van der Waals surface area contributed by atoms with Crippen molar-refractivity contribution in [2.45, 2.75) is 12.8 Å². The van der Waals surface area contributed by atoms with E-state index in [0.717, 1.165) is 14.2 Å². The molecule has 1 aromatic carbocycles. The molecule has 1 aromatic rings. The zero-order chi connectivity index (χ0) is 9.14. The molecule has 1 unspecified atom stereocenters. The number of halogens is 2. The lowest BCUT2D eigenvalue weighted by Gasteiger charge is -2.06. The molecule has 0 amide bonds. The molecular weight excluding hydrogens is 284 g/mol. The molecule has 1 atom stereocenters. The summed E-state index contributed by atoms with van der Waals surface area (Å²) in [7, 11) is 0. The molecule has 0 bridgehead atoms. The summed E-state index contributed by atoms with van der Waals surface area (Å²) in [6.45, 7) is 1.87. The van der Waals surface area contributed by atoms with Crippen molar-refractivity contribution < 1.29 is 0 Å². The molecule has 0 heterocycles.